The number of pyridine rings is 1. The summed E-state index contributed by atoms with van der Waals surface area (Å²) in [5.41, 5.74) is 3.04. The molecule has 3 aromatic rings. The number of fused-ring (bicyclic) bond motifs is 1. The minimum Gasteiger partial charge on any atom is -0.461 e. The second-order valence-electron chi connectivity index (χ2n) is 7.55. The lowest BCUT2D eigenvalue weighted by Gasteiger charge is -2.19. The molecule has 0 aliphatic heterocycles. The van der Waals surface area contributed by atoms with E-state index in [4.69, 9.17) is 4.42 Å². The first kappa shape index (κ1) is 18.4. The number of nitrogens with zero attached hydrogens (tertiary/aromatic N) is 1. The number of rotatable bonds is 6. The molecular formula is C23H27NO2. The normalized spacial score (nSPS) is 13.9. The maximum Gasteiger partial charge on any atom is 0.192 e. The topological polar surface area (TPSA) is 43.1 Å². The molecule has 2 unspecified atom stereocenters. The Bertz CT molecular complexity index is 928. The van der Waals surface area contributed by atoms with Gasteiger partial charge in [-0.3, -0.25) is 9.78 Å². The highest BCUT2D eigenvalue weighted by Gasteiger charge is 2.16. The van der Waals surface area contributed by atoms with E-state index < -0.39 is 0 Å². The molecule has 2 heterocycles. The minimum atomic E-state index is 0.0435. The van der Waals surface area contributed by atoms with Crippen LogP contribution in [0.2, 0.25) is 0 Å². The van der Waals surface area contributed by atoms with Crippen LogP contribution in [0.15, 0.2) is 57.9 Å². The van der Waals surface area contributed by atoms with Gasteiger partial charge in [0.15, 0.2) is 5.43 Å². The van der Waals surface area contributed by atoms with Gasteiger partial charge in [-0.15, -0.1) is 0 Å². The Morgan fingerprint density at radius 2 is 1.85 bits per heavy atom. The molecule has 3 nitrogen and oxygen atoms in total. The molecule has 0 N–H and O–H groups in total. The Labute approximate surface area is 155 Å². The average Bonchev–Trinajstić information content (AvgIpc) is 2.65. The van der Waals surface area contributed by atoms with E-state index in [2.05, 4.69) is 38.7 Å². The van der Waals surface area contributed by atoms with E-state index in [-0.39, 0.29) is 5.43 Å². The van der Waals surface area contributed by atoms with Crippen LogP contribution in [0, 0.1) is 5.92 Å². The third-order valence-corrected chi connectivity index (χ3v) is 5.32. The third kappa shape index (κ3) is 4.04. The van der Waals surface area contributed by atoms with Crippen LogP contribution in [0.25, 0.3) is 11.0 Å². The van der Waals surface area contributed by atoms with Gasteiger partial charge in [0.2, 0.25) is 0 Å². The van der Waals surface area contributed by atoms with Crippen molar-refractivity contribution in [2.45, 2.75) is 52.4 Å². The van der Waals surface area contributed by atoms with Gasteiger partial charge in [0, 0.05) is 30.3 Å². The second kappa shape index (κ2) is 7.86. The largest absolute Gasteiger partial charge is 0.461 e. The Balaban J connectivity index is 1.77. The molecule has 0 aliphatic rings. The fraction of sp³-hybridized carbons (Fsp3) is 0.391. The first-order chi connectivity index (χ1) is 12.5. The Kier molecular flexibility index (Phi) is 5.55. The molecule has 1 aromatic carbocycles. The lowest BCUT2D eigenvalue weighted by Crippen LogP contribution is -2.10. The summed E-state index contributed by atoms with van der Waals surface area (Å²) in [4.78, 5) is 16.9. The van der Waals surface area contributed by atoms with Crippen molar-refractivity contribution < 1.29 is 4.42 Å². The molecule has 3 heteroatoms. The second-order valence-corrected chi connectivity index (χ2v) is 7.55. The van der Waals surface area contributed by atoms with E-state index >= 15 is 0 Å². The van der Waals surface area contributed by atoms with Crippen LogP contribution < -0.4 is 5.43 Å². The number of aryl methyl sites for hydroxylation is 1. The molecule has 26 heavy (non-hydrogen) atoms. The monoisotopic (exact) mass is 349 g/mol. The molecule has 136 valence electrons. The standard InChI is InChI=1S/C23H27NO2/c1-15(2)18-9-11-20-22(25)14-19(26-23(20)13-18)10-8-16(3)17(4)21-7-5-6-12-24-21/h5-7,9,11-17H,8,10H2,1-4H3. The van der Waals surface area contributed by atoms with Crippen molar-refractivity contribution in [3.63, 3.8) is 0 Å². The van der Waals surface area contributed by atoms with E-state index in [0.29, 0.717) is 28.7 Å². The molecule has 0 bridgehead atoms. The molecule has 0 fully saturated rings. The molecule has 2 aromatic heterocycles. The minimum absolute atomic E-state index is 0.0435. The van der Waals surface area contributed by atoms with E-state index in [1.807, 2.05) is 36.5 Å². The van der Waals surface area contributed by atoms with E-state index in [1.54, 1.807) is 6.07 Å². The van der Waals surface area contributed by atoms with Crippen molar-refractivity contribution in [2.75, 3.05) is 0 Å². The third-order valence-electron chi connectivity index (χ3n) is 5.32. The van der Waals surface area contributed by atoms with Crippen molar-refractivity contribution in [3.8, 4) is 0 Å². The van der Waals surface area contributed by atoms with Crippen LogP contribution in [0.3, 0.4) is 0 Å². The lowest BCUT2D eigenvalue weighted by atomic mass is 9.88. The van der Waals surface area contributed by atoms with Crippen molar-refractivity contribution in [2.24, 2.45) is 5.92 Å². The Morgan fingerprint density at radius 1 is 1.04 bits per heavy atom. The van der Waals surface area contributed by atoms with Crippen LogP contribution in [-0.4, -0.2) is 4.98 Å². The molecular weight excluding hydrogens is 322 g/mol. The van der Waals surface area contributed by atoms with E-state index in [1.165, 1.54) is 5.56 Å². The van der Waals surface area contributed by atoms with Crippen LogP contribution in [0.5, 0.6) is 0 Å². The predicted molar refractivity (Wildman–Crippen MR) is 107 cm³/mol. The van der Waals surface area contributed by atoms with E-state index in [0.717, 1.165) is 24.3 Å². The predicted octanol–water partition coefficient (Wildman–Crippen LogP) is 5.68. The quantitative estimate of drug-likeness (QED) is 0.574. The van der Waals surface area contributed by atoms with Crippen molar-refractivity contribution in [1.29, 1.82) is 0 Å². The van der Waals surface area contributed by atoms with Crippen molar-refractivity contribution in [1.82, 2.24) is 4.98 Å². The highest BCUT2D eigenvalue weighted by Crippen LogP contribution is 2.27. The molecule has 0 saturated heterocycles. The number of aromatic nitrogens is 1. The zero-order chi connectivity index (χ0) is 18.7. The number of benzene rings is 1. The van der Waals surface area contributed by atoms with Gasteiger partial charge in [-0.1, -0.05) is 39.8 Å². The molecule has 0 spiro atoms. The van der Waals surface area contributed by atoms with Gasteiger partial charge in [-0.25, -0.2) is 0 Å². The summed E-state index contributed by atoms with van der Waals surface area (Å²) in [7, 11) is 0. The summed E-state index contributed by atoms with van der Waals surface area (Å²) in [6, 6.07) is 13.6. The molecule has 2 atom stereocenters. The summed E-state index contributed by atoms with van der Waals surface area (Å²) in [6.07, 6.45) is 3.55. The number of hydrogen-bond donors (Lipinski definition) is 0. The van der Waals surface area contributed by atoms with Crippen molar-refractivity contribution in [3.05, 3.63) is 75.9 Å². The van der Waals surface area contributed by atoms with Crippen LogP contribution in [0.1, 0.15) is 63.0 Å². The summed E-state index contributed by atoms with van der Waals surface area (Å²) in [5, 5.41) is 0.660. The van der Waals surface area contributed by atoms with Gasteiger partial charge < -0.3 is 4.42 Å². The van der Waals surface area contributed by atoms with Gasteiger partial charge in [0.25, 0.3) is 0 Å². The van der Waals surface area contributed by atoms with Crippen LogP contribution in [0.4, 0.5) is 0 Å². The summed E-state index contributed by atoms with van der Waals surface area (Å²) in [5.74, 6) is 2.00. The Morgan fingerprint density at radius 3 is 2.54 bits per heavy atom. The fourth-order valence-electron chi connectivity index (χ4n) is 3.26. The van der Waals surface area contributed by atoms with E-state index in [9.17, 15) is 4.79 Å². The lowest BCUT2D eigenvalue weighted by molar-refractivity contribution is 0.420. The molecule has 0 radical (unpaired) electrons. The zero-order valence-corrected chi connectivity index (χ0v) is 16.0. The van der Waals surface area contributed by atoms with Gasteiger partial charge in [0.1, 0.15) is 11.3 Å². The van der Waals surface area contributed by atoms with Crippen molar-refractivity contribution >= 4 is 11.0 Å². The number of hydrogen-bond acceptors (Lipinski definition) is 3. The highest BCUT2D eigenvalue weighted by atomic mass is 16.3. The van der Waals surface area contributed by atoms with Gasteiger partial charge >= 0.3 is 0 Å². The zero-order valence-electron chi connectivity index (χ0n) is 16.0. The van der Waals surface area contributed by atoms with Crippen LogP contribution >= 0.6 is 0 Å². The molecule has 0 amide bonds. The molecule has 3 rings (SSSR count). The SMILES string of the molecule is CC(C)c1ccc2c(=O)cc(CCC(C)C(C)c3ccccn3)oc2c1. The first-order valence-electron chi connectivity index (χ1n) is 9.43. The van der Waals surface area contributed by atoms with Gasteiger partial charge in [-0.05, 0) is 48.1 Å². The van der Waals surface area contributed by atoms with Gasteiger partial charge in [0.05, 0.1) is 5.39 Å². The summed E-state index contributed by atoms with van der Waals surface area (Å²) in [6.45, 7) is 8.72. The molecule has 0 saturated carbocycles. The average molecular weight is 349 g/mol. The maximum atomic E-state index is 12.4. The van der Waals surface area contributed by atoms with Crippen LogP contribution in [-0.2, 0) is 6.42 Å². The smallest absolute Gasteiger partial charge is 0.192 e. The highest BCUT2D eigenvalue weighted by molar-refractivity contribution is 5.77. The fourth-order valence-corrected chi connectivity index (χ4v) is 3.26. The maximum absolute atomic E-state index is 12.4. The molecule has 0 aliphatic carbocycles. The Hall–Kier alpha value is -2.42. The summed E-state index contributed by atoms with van der Waals surface area (Å²) >= 11 is 0. The first-order valence-corrected chi connectivity index (χ1v) is 9.43. The summed E-state index contributed by atoms with van der Waals surface area (Å²) < 4.78 is 6.05. The van der Waals surface area contributed by atoms with Gasteiger partial charge in [-0.2, -0.15) is 0 Å².